The van der Waals surface area contributed by atoms with Crippen LogP contribution in [0.2, 0.25) is 0 Å². The number of anilines is 3. The molecule has 0 bridgehead atoms. The molecule has 7 nitrogen and oxygen atoms in total. The summed E-state index contributed by atoms with van der Waals surface area (Å²) in [5.74, 6) is 1.72. The number of para-hydroxylation sites is 2. The fraction of sp³-hybridized carbons (Fsp3) is 0.160. The summed E-state index contributed by atoms with van der Waals surface area (Å²) < 4.78 is 16.2. The predicted molar refractivity (Wildman–Crippen MR) is 128 cm³/mol. The van der Waals surface area contributed by atoms with Gasteiger partial charge in [0.1, 0.15) is 5.75 Å². The second-order valence-corrected chi connectivity index (χ2v) is 6.90. The third-order valence-electron chi connectivity index (χ3n) is 4.83. The summed E-state index contributed by atoms with van der Waals surface area (Å²) in [5, 5.41) is 6.13. The fourth-order valence-corrected chi connectivity index (χ4v) is 3.10. The predicted octanol–water partition coefficient (Wildman–Crippen LogP) is 4.56. The monoisotopic (exact) mass is 433 g/mol. The van der Waals surface area contributed by atoms with Crippen molar-refractivity contribution >= 4 is 29.0 Å². The first-order valence-corrected chi connectivity index (χ1v) is 10.0. The molecule has 0 saturated carbocycles. The van der Waals surface area contributed by atoms with Crippen molar-refractivity contribution in [2.75, 3.05) is 37.7 Å². The summed E-state index contributed by atoms with van der Waals surface area (Å²) >= 11 is 0. The van der Waals surface area contributed by atoms with Crippen LogP contribution < -0.4 is 30.6 Å². The number of hydrogen-bond donors (Lipinski definition) is 3. The van der Waals surface area contributed by atoms with Crippen LogP contribution in [0, 0.1) is 0 Å². The van der Waals surface area contributed by atoms with Crippen molar-refractivity contribution in [3.8, 4) is 17.2 Å². The SMILES string of the molecule is COc1cc(OC)c(OC)cc1CNc1ccc(/C=C/C(=O)Nc2ccccc2N)cc1. The first kappa shape index (κ1) is 22.6. The van der Waals surface area contributed by atoms with Crippen LogP contribution in [0.1, 0.15) is 11.1 Å². The molecule has 0 spiro atoms. The number of carbonyl (C=O) groups is 1. The van der Waals surface area contributed by atoms with Gasteiger partial charge in [0.15, 0.2) is 11.5 Å². The van der Waals surface area contributed by atoms with Gasteiger partial charge in [-0.1, -0.05) is 24.3 Å². The number of amides is 1. The van der Waals surface area contributed by atoms with Crippen molar-refractivity contribution in [1.82, 2.24) is 0 Å². The number of ether oxygens (including phenoxy) is 3. The van der Waals surface area contributed by atoms with E-state index in [1.54, 1.807) is 45.6 Å². The summed E-state index contributed by atoms with van der Waals surface area (Å²) in [7, 11) is 4.81. The van der Waals surface area contributed by atoms with E-state index in [4.69, 9.17) is 19.9 Å². The molecule has 3 aromatic rings. The van der Waals surface area contributed by atoms with E-state index in [-0.39, 0.29) is 5.91 Å². The molecule has 0 unspecified atom stereocenters. The number of carbonyl (C=O) groups excluding carboxylic acids is 1. The van der Waals surface area contributed by atoms with Gasteiger partial charge in [0, 0.05) is 29.9 Å². The molecule has 0 aliphatic heterocycles. The molecular weight excluding hydrogens is 406 g/mol. The first-order chi connectivity index (χ1) is 15.5. The van der Waals surface area contributed by atoms with Crippen molar-refractivity contribution in [2.45, 2.75) is 6.54 Å². The van der Waals surface area contributed by atoms with Gasteiger partial charge in [-0.15, -0.1) is 0 Å². The maximum atomic E-state index is 12.1. The van der Waals surface area contributed by atoms with Crippen molar-refractivity contribution in [1.29, 1.82) is 0 Å². The molecule has 3 rings (SSSR count). The Morgan fingerprint density at radius 3 is 2.22 bits per heavy atom. The van der Waals surface area contributed by atoms with Crippen molar-refractivity contribution in [3.05, 3.63) is 77.9 Å². The lowest BCUT2D eigenvalue weighted by Crippen LogP contribution is -2.09. The highest BCUT2D eigenvalue weighted by Gasteiger charge is 2.11. The van der Waals surface area contributed by atoms with E-state index in [9.17, 15) is 4.79 Å². The molecule has 0 radical (unpaired) electrons. The molecule has 3 aromatic carbocycles. The van der Waals surface area contributed by atoms with Crippen molar-refractivity contribution < 1.29 is 19.0 Å². The van der Waals surface area contributed by atoms with Crippen LogP contribution >= 0.6 is 0 Å². The summed E-state index contributed by atoms with van der Waals surface area (Å²) in [6.45, 7) is 0.541. The van der Waals surface area contributed by atoms with Gasteiger partial charge in [-0.25, -0.2) is 0 Å². The van der Waals surface area contributed by atoms with Crippen LogP contribution in [-0.2, 0) is 11.3 Å². The van der Waals surface area contributed by atoms with Gasteiger partial charge >= 0.3 is 0 Å². The minimum atomic E-state index is -0.245. The number of hydrogen-bond acceptors (Lipinski definition) is 6. The lowest BCUT2D eigenvalue weighted by molar-refractivity contribution is -0.111. The van der Waals surface area contributed by atoms with E-state index in [0.29, 0.717) is 35.2 Å². The molecule has 166 valence electrons. The van der Waals surface area contributed by atoms with Gasteiger partial charge in [-0.2, -0.15) is 0 Å². The van der Waals surface area contributed by atoms with E-state index in [2.05, 4.69) is 10.6 Å². The number of benzene rings is 3. The van der Waals surface area contributed by atoms with Gasteiger partial charge < -0.3 is 30.6 Å². The van der Waals surface area contributed by atoms with Crippen molar-refractivity contribution in [2.24, 2.45) is 0 Å². The highest BCUT2D eigenvalue weighted by molar-refractivity contribution is 6.03. The van der Waals surface area contributed by atoms with Crippen LogP contribution in [0.25, 0.3) is 6.08 Å². The molecule has 0 fully saturated rings. The summed E-state index contributed by atoms with van der Waals surface area (Å²) in [5.41, 5.74) is 9.72. The quantitative estimate of drug-likeness (QED) is 0.338. The van der Waals surface area contributed by atoms with Crippen LogP contribution in [-0.4, -0.2) is 27.2 Å². The first-order valence-electron chi connectivity index (χ1n) is 10.0. The molecule has 0 atom stereocenters. The van der Waals surface area contributed by atoms with Crippen molar-refractivity contribution in [3.63, 3.8) is 0 Å². The number of nitrogens with one attached hydrogen (secondary N) is 2. The van der Waals surface area contributed by atoms with Crippen LogP contribution in [0.3, 0.4) is 0 Å². The van der Waals surface area contributed by atoms with Gasteiger partial charge in [0.05, 0.1) is 32.7 Å². The number of nitrogens with two attached hydrogens (primary N) is 1. The lowest BCUT2D eigenvalue weighted by atomic mass is 10.1. The van der Waals surface area contributed by atoms with E-state index in [0.717, 1.165) is 16.8 Å². The van der Waals surface area contributed by atoms with E-state index < -0.39 is 0 Å². The molecule has 0 heterocycles. The topological polar surface area (TPSA) is 94.8 Å². The van der Waals surface area contributed by atoms with Crippen LogP contribution in [0.4, 0.5) is 17.1 Å². The van der Waals surface area contributed by atoms with Gasteiger partial charge in [-0.3, -0.25) is 4.79 Å². The average Bonchev–Trinajstić information content (AvgIpc) is 2.82. The molecule has 4 N–H and O–H groups in total. The van der Waals surface area contributed by atoms with Crippen LogP contribution in [0.15, 0.2) is 66.7 Å². The normalized spacial score (nSPS) is 10.6. The number of nitrogen functional groups attached to an aromatic ring is 1. The minimum Gasteiger partial charge on any atom is -0.496 e. The Balaban J connectivity index is 1.61. The summed E-state index contributed by atoms with van der Waals surface area (Å²) in [6, 6.07) is 18.6. The Bertz CT molecular complexity index is 1090. The highest BCUT2D eigenvalue weighted by Crippen LogP contribution is 2.35. The number of rotatable bonds is 9. The van der Waals surface area contributed by atoms with Gasteiger partial charge in [0.2, 0.25) is 5.91 Å². The van der Waals surface area contributed by atoms with E-state index in [1.165, 1.54) is 6.08 Å². The van der Waals surface area contributed by atoms with E-state index >= 15 is 0 Å². The highest BCUT2D eigenvalue weighted by atomic mass is 16.5. The second kappa shape index (κ2) is 10.8. The third-order valence-corrected chi connectivity index (χ3v) is 4.83. The largest absolute Gasteiger partial charge is 0.496 e. The molecule has 7 heteroatoms. The Hall–Kier alpha value is -4.13. The Morgan fingerprint density at radius 1 is 0.906 bits per heavy atom. The Morgan fingerprint density at radius 2 is 1.56 bits per heavy atom. The zero-order chi connectivity index (χ0) is 22.9. The minimum absolute atomic E-state index is 0.245. The van der Waals surface area contributed by atoms with Gasteiger partial charge in [0.25, 0.3) is 0 Å². The molecule has 0 aliphatic rings. The second-order valence-electron chi connectivity index (χ2n) is 6.90. The maximum Gasteiger partial charge on any atom is 0.248 e. The molecule has 0 aliphatic carbocycles. The number of methoxy groups -OCH3 is 3. The molecular formula is C25H27N3O4. The Labute approximate surface area is 187 Å². The van der Waals surface area contributed by atoms with Gasteiger partial charge in [-0.05, 0) is 42.0 Å². The van der Waals surface area contributed by atoms with Crippen LogP contribution in [0.5, 0.6) is 17.2 Å². The smallest absolute Gasteiger partial charge is 0.248 e. The molecule has 0 saturated heterocycles. The molecule has 0 aromatic heterocycles. The standard InChI is InChI=1S/C25H27N3O4/c1-30-22-15-24(32-3)23(31-2)14-18(22)16-27-19-11-8-17(9-12-19)10-13-25(29)28-21-7-5-4-6-20(21)26/h4-15,27H,16,26H2,1-3H3,(H,28,29)/b13-10+. The summed E-state index contributed by atoms with van der Waals surface area (Å²) in [6.07, 6.45) is 3.22. The zero-order valence-electron chi connectivity index (χ0n) is 18.3. The molecule has 32 heavy (non-hydrogen) atoms. The lowest BCUT2D eigenvalue weighted by Gasteiger charge is -2.15. The average molecular weight is 434 g/mol. The maximum absolute atomic E-state index is 12.1. The Kier molecular flexibility index (Phi) is 7.59. The zero-order valence-corrected chi connectivity index (χ0v) is 18.3. The fourth-order valence-electron chi connectivity index (χ4n) is 3.10. The third kappa shape index (κ3) is 5.72. The van der Waals surface area contributed by atoms with E-state index in [1.807, 2.05) is 42.5 Å². The molecule has 1 amide bonds. The summed E-state index contributed by atoms with van der Waals surface area (Å²) in [4.78, 5) is 12.1.